The molecule has 9 heterocycles. The van der Waals surface area contributed by atoms with Crippen LogP contribution in [0.1, 0.15) is 27.7 Å². The summed E-state index contributed by atoms with van der Waals surface area (Å²) in [5, 5.41) is 4.65. The Kier molecular flexibility index (Phi) is 14.9. The van der Waals surface area contributed by atoms with Gasteiger partial charge >= 0.3 is 7.12 Å². The van der Waals surface area contributed by atoms with Crippen molar-refractivity contribution >= 4 is 108 Å². The number of aromatic nitrogens is 10. The van der Waals surface area contributed by atoms with Crippen LogP contribution in [0.5, 0.6) is 0 Å². The van der Waals surface area contributed by atoms with Crippen LogP contribution in [0.4, 0.5) is 0 Å². The lowest BCUT2D eigenvalue weighted by Crippen LogP contribution is -2.41. The third-order valence-electron chi connectivity index (χ3n) is 11.8. The molecule has 1 saturated heterocycles. The molecule has 0 unspecified atom stereocenters. The van der Waals surface area contributed by atoms with E-state index in [0.717, 1.165) is 80.5 Å². The number of nitrogens with zero attached hydrogens (tertiary/aromatic N) is 10. The Bertz CT molecular complexity index is 2960. The van der Waals surface area contributed by atoms with Gasteiger partial charge in [0.25, 0.3) is 0 Å². The fourth-order valence-electron chi connectivity index (χ4n) is 7.12. The highest BCUT2D eigenvalue weighted by Gasteiger charge is 2.51. The summed E-state index contributed by atoms with van der Waals surface area (Å²) in [5.41, 5.74) is 5.44. The molecule has 20 heteroatoms. The molecular weight excluding hydrogens is 930 g/mol. The van der Waals surface area contributed by atoms with E-state index in [4.69, 9.17) is 53.6 Å². The van der Waals surface area contributed by atoms with Crippen LogP contribution in [0.3, 0.4) is 0 Å². The lowest BCUT2D eigenvalue weighted by atomic mass is 9.80. The summed E-state index contributed by atoms with van der Waals surface area (Å²) < 4.78 is 31.5. The summed E-state index contributed by atoms with van der Waals surface area (Å²) in [6, 6.07) is 14.4. The zero-order valence-corrected chi connectivity index (χ0v) is 44.3. The predicted octanol–water partition coefficient (Wildman–Crippen LogP) is 10.9. The molecule has 8 aromatic heterocycles. The lowest BCUT2D eigenvalue weighted by Gasteiger charge is -2.32. The Morgan fingerprint density at radius 2 is 1.09 bits per heavy atom. The Balaban J connectivity index is 0.000000152. The summed E-state index contributed by atoms with van der Waals surface area (Å²) in [7, 11) is 1.47. The summed E-state index contributed by atoms with van der Waals surface area (Å²) >= 11 is 18.1. The Hall–Kier alpha value is -4.17. The van der Waals surface area contributed by atoms with Gasteiger partial charge < -0.3 is 37.1 Å². The van der Waals surface area contributed by atoms with Crippen LogP contribution in [0.25, 0.3) is 55.4 Å². The number of hydrogen-bond acceptors (Lipinski definition) is 10. The van der Waals surface area contributed by atoms with Gasteiger partial charge in [0.15, 0.2) is 0 Å². The first-order chi connectivity index (χ1) is 31.0. The van der Waals surface area contributed by atoms with Crippen molar-refractivity contribution in [3.8, 4) is 11.3 Å². The van der Waals surface area contributed by atoms with Crippen molar-refractivity contribution in [3.63, 3.8) is 0 Å². The summed E-state index contributed by atoms with van der Waals surface area (Å²) in [6.45, 7) is 24.7. The molecule has 8 aromatic rings. The number of rotatable bonds is 12. The first-order valence-corrected chi connectivity index (χ1v) is 30.6. The predicted molar refractivity (Wildman–Crippen MR) is 274 cm³/mol. The molecule has 0 saturated carbocycles. The molecule has 66 heavy (non-hydrogen) atoms. The second-order valence-electron chi connectivity index (χ2n) is 20.1. The molecule has 1 aliphatic heterocycles. The average molecular weight is 990 g/mol. The van der Waals surface area contributed by atoms with Crippen molar-refractivity contribution < 1.29 is 18.8 Å². The Labute approximate surface area is 404 Å². The van der Waals surface area contributed by atoms with Crippen molar-refractivity contribution in [1.82, 2.24) is 48.2 Å². The van der Waals surface area contributed by atoms with E-state index in [-0.39, 0.29) is 28.9 Å². The minimum Gasteiger partial charge on any atom is -0.399 e. The molecule has 0 amide bonds. The topological polar surface area (TPSA) is 134 Å². The van der Waals surface area contributed by atoms with Crippen molar-refractivity contribution in [2.24, 2.45) is 14.1 Å². The fraction of sp³-hybridized carbons (Fsp3) is 0.435. The van der Waals surface area contributed by atoms with E-state index in [9.17, 15) is 0 Å². The highest BCUT2D eigenvalue weighted by atomic mass is 35.5. The molecule has 0 aliphatic carbocycles. The zero-order chi connectivity index (χ0) is 47.8. The first kappa shape index (κ1) is 49.7. The van der Waals surface area contributed by atoms with Gasteiger partial charge in [0, 0.05) is 108 Å². The minimum atomic E-state index is -1.11. The smallest absolute Gasteiger partial charge is 0.399 e. The van der Waals surface area contributed by atoms with Gasteiger partial charge in [0.2, 0.25) is 10.6 Å². The monoisotopic (exact) mass is 988 g/mol. The van der Waals surface area contributed by atoms with Gasteiger partial charge in [-0.1, -0.05) is 50.9 Å². The van der Waals surface area contributed by atoms with Gasteiger partial charge in [-0.2, -0.15) is 9.97 Å². The number of ether oxygens (including phenoxy) is 2. The van der Waals surface area contributed by atoms with Crippen LogP contribution in [-0.4, -0.2) is 95.9 Å². The molecule has 0 N–H and O–H groups in total. The van der Waals surface area contributed by atoms with Crippen molar-refractivity contribution in [2.45, 2.75) is 104 Å². The van der Waals surface area contributed by atoms with Crippen molar-refractivity contribution in [2.75, 3.05) is 13.2 Å². The number of aryl methyl sites for hydroxylation is 2. The van der Waals surface area contributed by atoms with Crippen LogP contribution in [-0.2, 0) is 46.3 Å². The van der Waals surface area contributed by atoms with E-state index in [1.54, 1.807) is 0 Å². The summed E-state index contributed by atoms with van der Waals surface area (Å²) in [4.78, 5) is 26.1. The maximum absolute atomic E-state index is 6.25. The molecule has 1 aliphatic rings. The molecule has 0 bridgehead atoms. The van der Waals surface area contributed by atoms with Crippen LogP contribution >= 0.6 is 34.8 Å². The van der Waals surface area contributed by atoms with Crippen molar-refractivity contribution in [3.05, 3.63) is 89.3 Å². The highest BCUT2D eigenvalue weighted by molar-refractivity contribution is 6.76. The van der Waals surface area contributed by atoms with Crippen LogP contribution in [0, 0.1) is 0 Å². The lowest BCUT2D eigenvalue weighted by molar-refractivity contribution is 0.00578. The summed E-state index contributed by atoms with van der Waals surface area (Å²) in [5.74, 6) is 0. The molecule has 14 nitrogen and oxygen atoms in total. The van der Waals surface area contributed by atoms with E-state index in [1.165, 1.54) is 0 Å². The zero-order valence-electron chi connectivity index (χ0n) is 40.0. The van der Waals surface area contributed by atoms with Gasteiger partial charge in [0.1, 0.15) is 41.2 Å². The average Bonchev–Trinajstić information content (AvgIpc) is 4.05. The van der Waals surface area contributed by atoms with Gasteiger partial charge in [-0.15, -0.1) is 0 Å². The minimum absolute atomic E-state index is 0.152. The van der Waals surface area contributed by atoms with E-state index in [2.05, 4.69) is 115 Å². The van der Waals surface area contributed by atoms with Crippen LogP contribution in [0.15, 0.2) is 73.6 Å². The molecule has 0 spiro atoms. The standard InChI is InChI=1S/C20H24ClN5OSi.C14H19BN2O2.C12H17Cl2N3OSi/c1-25-7-5-14-11-15(12-22-18(14)25)17-16-6-8-26(19(16)24-20(21)23-17)13-27-9-10-28(2,3)4;1-13(2)14(3,4)19-15(18-13)11-8-10-6-7-17(5)12(10)16-9-11;1-19(2,3)7-6-18-8-17-5-4-9-10(13)15-12(14)16-11(9)17/h5-8,11-12H,9-10,13H2,1-4H3;6-9H,1-5H3;4-5H,6-8H2,1-3H3. The van der Waals surface area contributed by atoms with Gasteiger partial charge in [0.05, 0.1) is 22.3 Å². The SMILES string of the molecule is C[Si](C)(C)CCOCn1ccc2c(Cl)nc(Cl)nc21.Cn1ccc2cc(-c3nc(Cl)nc4c3ccn4COCC[Si](C)(C)C)cnc21.Cn1ccc2cc(B3OC(C)(C)C(C)(C)O3)cnc21. The van der Waals surface area contributed by atoms with Crippen LogP contribution < -0.4 is 5.46 Å². The van der Waals surface area contributed by atoms with Gasteiger partial charge in [-0.05, 0) is 99.4 Å². The first-order valence-electron chi connectivity index (χ1n) is 22.0. The molecule has 1 fully saturated rings. The molecule has 350 valence electrons. The number of fused-ring (bicyclic) bond motifs is 4. The maximum Gasteiger partial charge on any atom is 0.496 e. The Morgan fingerprint density at radius 3 is 1.64 bits per heavy atom. The van der Waals surface area contributed by atoms with E-state index in [1.807, 2.05) is 87.7 Å². The molecule has 9 rings (SSSR count). The van der Waals surface area contributed by atoms with E-state index >= 15 is 0 Å². The van der Waals surface area contributed by atoms with Gasteiger partial charge in [-0.25, -0.2) is 19.9 Å². The van der Waals surface area contributed by atoms with Gasteiger partial charge in [-0.3, -0.25) is 0 Å². The number of hydrogen-bond donors (Lipinski definition) is 0. The number of pyridine rings is 2. The van der Waals surface area contributed by atoms with E-state index in [0.29, 0.717) is 24.3 Å². The second kappa shape index (κ2) is 19.8. The Morgan fingerprint density at radius 1 is 0.606 bits per heavy atom. The quantitative estimate of drug-likeness (QED) is 0.0504. The normalized spacial score (nSPS) is 14.9. The molecule has 0 aromatic carbocycles. The van der Waals surface area contributed by atoms with E-state index < -0.39 is 16.1 Å². The second-order valence-corrected chi connectivity index (χ2v) is 32.4. The molecule has 0 radical (unpaired) electrons. The third kappa shape index (κ3) is 11.7. The molecular formula is C46H60BCl3N10O4Si2. The fourth-order valence-corrected chi connectivity index (χ4v) is 9.23. The maximum atomic E-state index is 6.25. The third-order valence-corrected chi connectivity index (χ3v) is 15.9. The number of halogens is 3. The van der Waals surface area contributed by atoms with Crippen LogP contribution in [0.2, 0.25) is 67.1 Å². The summed E-state index contributed by atoms with van der Waals surface area (Å²) in [6.07, 6.45) is 11.5. The van der Waals surface area contributed by atoms with Crippen molar-refractivity contribution in [1.29, 1.82) is 0 Å². The largest absolute Gasteiger partial charge is 0.496 e. The highest BCUT2D eigenvalue weighted by Crippen LogP contribution is 2.37. The molecule has 0 atom stereocenters.